The Kier molecular flexibility index (Phi) is 7.18. The molecule has 0 aliphatic heterocycles. The molecular weight excluding hydrogens is 390 g/mol. The maximum atomic E-state index is 6.07. The molecule has 0 fully saturated rings. The Hall–Kier alpha value is -2.24. The Labute approximate surface area is 175 Å². The van der Waals surface area contributed by atoms with Gasteiger partial charge in [0.15, 0.2) is 11.0 Å². The molecule has 0 aliphatic carbocycles. The first-order valence-corrected chi connectivity index (χ1v) is 10.6. The summed E-state index contributed by atoms with van der Waals surface area (Å²) in [4.78, 5) is 0. The van der Waals surface area contributed by atoms with E-state index in [9.17, 15) is 0 Å². The second-order valence-corrected chi connectivity index (χ2v) is 8.11. The lowest BCUT2D eigenvalue weighted by Crippen LogP contribution is -2.07. The molecule has 0 saturated carbocycles. The molecule has 146 valence electrons. The molecule has 0 radical (unpaired) electrons. The quantitative estimate of drug-likeness (QED) is 0.313. The van der Waals surface area contributed by atoms with Gasteiger partial charge in [0.25, 0.3) is 0 Å². The molecule has 0 spiro atoms. The van der Waals surface area contributed by atoms with Crippen molar-refractivity contribution in [1.82, 2.24) is 14.8 Å². The normalized spacial score (nSPS) is 11.0. The summed E-state index contributed by atoms with van der Waals surface area (Å²) in [5, 5.41) is 10.2. The third kappa shape index (κ3) is 5.40. The van der Waals surface area contributed by atoms with E-state index in [4.69, 9.17) is 16.3 Å². The molecule has 4 nitrogen and oxygen atoms in total. The molecule has 3 aromatic rings. The fourth-order valence-corrected chi connectivity index (χ4v) is 3.84. The number of ether oxygens (including phenoxy) is 1. The Morgan fingerprint density at radius 1 is 1.18 bits per heavy atom. The molecule has 28 heavy (non-hydrogen) atoms. The summed E-state index contributed by atoms with van der Waals surface area (Å²) in [5.41, 5.74) is 2.44. The fourth-order valence-electron chi connectivity index (χ4n) is 2.72. The van der Waals surface area contributed by atoms with Crippen LogP contribution in [0.4, 0.5) is 0 Å². The van der Waals surface area contributed by atoms with Gasteiger partial charge in [-0.3, -0.25) is 4.57 Å². The van der Waals surface area contributed by atoms with E-state index in [0.717, 1.165) is 33.1 Å². The molecule has 0 amide bonds. The number of allylic oxidation sites excluding steroid dienone is 1. The Bertz CT molecular complexity index is 922. The van der Waals surface area contributed by atoms with Crippen molar-refractivity contribution >= 4 is 23.4 Å². The predicted molar refractivity (Wildman–Crippen MR) is 116 cm³/mol. The van der Waals surface area contributed by atoms with Crippen LogP contribution in [0, 0.1) is 0 Å². The number of rotatable bonds is 9. The topological polar surface area (TPSA) is 39.9 Å². The van der Waals surface area contributed by atoms with Gasteiger partial charge in [-0.05, 0) is 41.3 Å². The highest BCUT2D eigenvalue weighted by Gasteiger charge is 2.13. The van der Waals surface area contributed by atoms with E-state index >= 15 is 0 Å². The minimum absolute atomic E-state index is 0.361. The Balaban J connectivity index is 1.66. The highest BCUT2D eigenvalue weighted by atomic mass is 35.5. The van der Waals surface area contributed by atoms with Crippen LogP contribution in [-0.4, -0.2) is 14.8 Å². The van der Waals surface area contributed by atoms with Crippen molar-refractivity contribution in [3.05, 3.63) is 83.2 Å². The van der Waals surface area contributed by atoms with Gasteiger partial charge in [-0.2, -0.15) is 0 Å². The van der Waals surface area contributed by atoms with Gasteiger partial charge in [-0.1, -0.05) is 67.6 Å². The lowest BCUT2D eigenvalue weighted by molar-refractivity contribution is 0.289. The number of hydrogen-bond acceptors (Lipinski definition) is 4. The molecule has 0 aliphatic rings. The molecule has 6 heteroatoms. The number of hydrogen-bond donors (Lipinski definition) is 0. The van der Waals surface area contributed by atoms with Crippen LogP contribution in [0.5, 0.6) is 5.75 Å². The minimum atomic E-state index is 0.361. The summed E-state index contributed by atoms with van der Waals surface area (Å²) >= 11 is 7.69. The molecular formula is C22H24ClN3OS. The third-order valence-corrected chi connectivity index (χ3v) is 5.55. The number of halogens is 1. The summed E-state index contributed by atoms with van der Waals surface area (Å²) in [7, 11) is 0. The number of nitrogens with zero attached hydrogens (tertiary/aromatic N) is 3. The fraction of sp³-hybridized carbons (Fsp3) is 0.273. The second-order valence-electron chi connectivity index (χ2n) is 6.73. The maximum Gasteiger partial charge on any atom is 0.191 e. The first-order valence-electron chi connectivity index (χ1n) is 9.19. The molecule has 1 aromatic heterocycles. The van der Waals surface area contributed by atoms with Crippen LogP contribution >= 0.6 is 23.4 Å². The lowest BCUT2D eigenvalue weighted by Gasteiger charge is -2.10. The first-order chi connectivity index (χ1) is 13.6. The number of aromatic nitrogens is 3. The van der Waals surface area contributed by atoms with Crippen molar-refractivity contribution in [1.29, 1.82) is 0 Å². The van der Waals surface area contributed by atoms with Gasteiger partial charge < -0.3 is 4.74 Å². The predicted octanol–water partition coefficient (Wildman–Crippen LogP) is 6.11. The minimum Gasteiger partial charge on any atom is -0.486 e. The Morgan fingerprint density at radius 2 is 1.96 bits per heavy atom. The van der Waals surface area contributed by atoms with E-state index < -0.39 is 0 Å². The first kappa shape index (κ1) is 20.5. The van der Waals surface area contributed by atoms with Gasteiger partial charge >= 0.3 is 0 Å². The van der Waals surface area contributed by atoms with E-state index in [1.54, 1.807) is 11.8 Å². The maximum absolute atomic E-state index is 6.07. The molecule has 2 aromatic carbocycles. The monoisotopic (exact) mass is 413 g/mol. The highest BCUT2D eigenvalue weighted by molar-refractivity contribution is 7.98. The number of thioether (sulfide) groups is 1. The van der Waals surface area contributed by atoms with Crippen LogP contribution in [0.1, 0.15) is 36.7 Å². The van der Waals surface area contributed by atoms with Crippen LogP contribution in [0.2, 0.25) is 5.02 Å². The van der Waals surface area contributed by atoms with Crippen molar-refractivity contribution in [3.63, 3.8) is 0 Å². The summed E-state index contributed by atoms with van der Waals surface area (Å²) in [5.74, 6) is 2.88. The zero-order valence-corrected chi connectivity index (χ0v) is 17.7. The van der Waals surface area contributed by atoms with Crippen molar-refractivity contribution in [2.75, 3.05) is 0 Å². The van der Waals surface area contributed by atoms with Crippen LogP contribution in [-0.2, 0) is 18.9 Å². The molecule has 0 N–H and O–H groups in total. The van der Waals surface area contributed by atoms with Gasteiger partial charge in [0, 0.05) is 17.3 Å². The van der Waals surface area contributed by atoms with Crippen LogP contribution in [0.15, 0.2) is 66.3 Å². The van der Waals surface area contributed by atoms with Crippen molar-refractivity contribution in [2.24, 2.45) is 0 Å². The van der Waals surface area contributed by atoms with Gasteiger partial charge in [0.05, 0.1) is 0 Å². The van der Waals surface area contributed by atoms with Gasteiger partial charge in [-0.25, -0.2) is 0 Å². The van der Waals surface area contributed by atoms with Gasteiger partial charge in [0.2, 0.25) is 0 Å². The zero-order chi connectivity index (χ0) is 19.9. The summed E-state index contributed by atoms with van der Waals surface area (Å²) in [6.45, 7) is 9.20. The molecule has 3 rings (SSSR count). The van der Waals surface area contributed by atoms with Crippen LogP contribution in [0.25, 0.3) is 0 Å². The molecule has 0 atom stereocenters. The molecule has 0 unspecified atom stereocenters. The lowest BCUT2D eigenvalue weighted by atomic mass is 10.0. The van der Waals surface area contributed by atoms with Crippen molar-refractivity contribution in [3.8, 4) is 5.75 Å². The van der Waals surface area contributed by atoms with E-state index in [2.05, 4.69) is 48.8 Å². The average molecular weight is 414 g/mol. The Morgan fingerprint density at radius 3 is 2.64 bits per heavy atom. The SMILES string of the molecule is C=CCn1c(COc2ccc(C(C)C)cc2)nnc1SCc1cccc(Cl)c1. The highest BCUT2D eigenvalue weighted by Crippen LogP contribution is 2.24. The van der Waals surface area contributed by atoms with Crippen LogP contribution < -0.4 is 4.74 Å². The van der Waals surface area contributed by atoms with Crippen LogP contribution in [0.3, 0.4) is 0 Å². The molecule has 0 saturated heterocycles. The standard InChI is InChI=1S/C22H24ClN3OS/c1-4-12-26-21(14-27-20-10-8-18(9-11-20)16(2)3)24-25-22(26)28-15-17-6-5-7-19(23)13-17/h4-11,13,16H,1,12,14-15H2,2-3H3. The van der Waals surface area contributed by atoms with E-state index in [-0.39, 0.29) is 0 Å². The van der Waals surface area contributed by atoms with E-state index in [0.29, 0.717) is 19.1 Å². The number of benzene rings is 2. The average Bonchev–Trinajstić information content (AvgIpc) is 3.07. The zero-order valence-electron chi connectivity index (χ0n) is 16.1. The van der Waals surface area contributed by atoms with Crippen molar-refractivity contribution in [2.45, 2.75) is 43.8 Å². The molecule has 0 bridgehead atoms. The summed E-state index contributed by atoms with van der Waals surface area (Å²) < 4.78 is 7.95. The van der Waals surface area contributed by atoms with Gasteiger partial charge in [0.1, 0.15) is 12.4 Å². The van der Waals surface area contributed by atoms with Crippen molar-refractivity contribution < 1.29 is 4.74 Å². The smallest absolute Gasteiger partial charge is 0.191 e. The van der Waals surface area contributed by atoms with E-state index in [1.807, 2.05) is 41.0 Å². The molecule has 1 heterocycles. The van der Waals surface area contributed by atoms with Gasteiger partial charge in [-0.15, -0.1) is 16.8 Å². The largest absolute Gasteiger partial charge is 0.486 e. The summed E-state index contributed by atoms with van der Waals surface area (Å²) in [6.07, 6.45) is 1.84. The summed E-state index contributed by atoms with van der Waals surface area (Å²) in [6, 6.07) is 16.0. The third-order valence-electron chi connectivity index (χ3n) is 4.28. The second kappa shape index (κ2) is 9.80. The van der Waals surface area contributed by atoms with E-state index in [1.165, 1.54) is 5.56 Å².